The molecule has 1 N–H and O–H groups in total. The molecule has 0 spiro atoms. The van der Waals surface area contributed by atoms with E-state index in [1.54, 1.807) is 0 Å². The number of aliphatic hydroxyl groups excluding tert-OH is 1. The Bertz CT molecular complexity index is 670. The van der Waals surface area contributed by atoms with E-state index in [2.05, 4.69) is 0 Å². The number of hydrogen-bond donors (Lipinski definition) is 1. The fourth-order valence-corrected chi connectivity index (χ4v) is 2.68. The van der Waals surface area contributed by atoms with Crippen LogP contribution in [0.4, 0.5) is 13.2 Å². The SMILES string of the molecule is CC(=O)C1=C(O)C(=Cc2ccc(C(F)(F)F)cc2)SC1=O. The van der Waals surface area contributed by atoms with Gasteiger partial charge in [0, 0.05) is 0 Å². The van der Waals surface area contributed by atoms with Crippen molar-refractivity contribution in [3.63, 3.8) is 0 Å². The summed E-state index contributed by atoms with van der Waals surface area (Å²) >= 11 is 0.670. The Balaban J connectivity index is 2.34. The molecule has 0 saturated heterocycles. The maximum absolute atomic E-state index is 12.4. The smallest absolute Gasteiger partial charge is 0.416 e. The van der Waals surface area contributed by atoms with Gasteiger partial charge in [0.15, 0.2) is 5.78 Å². The van der Waals surface area contributed by atoms with Gasteiger partial charge in [-0.25, -0.2) is 0 Å². The zero-order valence-electron chi connectivity index (χ0n) is 10.7. The molecular formula is C14H9F3O3S. The van der Waals surface area contributed by atoms with Gasteiger partial charge < -0.3 is 5.11 Å². The molecular weight excluding hydrogens is 305 g/mol. The lowest BCUT2D eigenvalue weighted by Crippen LogP contribution is -2.04. The monoisotopic (exact) mass is 314 g/mol. The predicted octanol–water partition coefficient (Wildman–Crippen LogP) is 3.72. The molecule has 0 aromatic heterocycles. The molecule has 0 unspecified atom stereocenters. The van der Waals surface area contributed by atoms with Crippen LogP contribution < -0.4 is 0 Å². The van der Waals surface area contributed by atoms with Crippen molar-refractivity contribution in [1.82, 2.24) is 0 Å². The van der Waals surface area contributed by atoms with Crippen LogP contribution in [0.1, 0.15) is 18.1 Å². The molecule has 0 radical (unpaired) electrons. The van der Waals surface area contributed by atoms with Crippen molar-refractivity contribution < 1.29 is 27.9 Å². The molecule has 110 valence electrons. The van der Waals surface area contributed by atoms with Crippen LogP contribution in [0.3, 0.4) is 0 Å². The highest BCUT2D eigenvalue weighted by Gasteiger charge is 2.32. The number of benzene rings is 1. The number of ketones is 1. The molecule has 0 atom stereocenters. The molecule has 0 amide bonds. The Morgan fingerprint density at radius 1 is 1.24 bits per heavy atom. The number of hydrogen-bond acceptors (Lipinski definition) is 4. The molecule has 0 saturated carbocycles. The van der Waals surface area contributed by atoms with Gasteiger partial charge >= 0.3 is 6.18 Å². The van der Waals surface area contributed by atoms with Crippen LogP contribution in [0.5, 0.6) is 0 Å². The lowest BCUT2D eigenvalue weighted by Gasteiger charge is -2.06. The first kappa shape index (κ1) is 15.4. The van der Waals surface area contributed by atoms with Crippen LogP contribution in [0, 0.1) is 0 Å². The molecule has 0 bridgehead atoms. The quantitative estimate of drug-likeness (QED) is 0.845. The van der Waals surface area contributed by atoms with E-state index in [4.69, 9.17) is 0 Å². The van der Waals surface area contributed by atoms with E-state index in [1.807, 2.05) is 0 Å². The second kappa shape index (κ2) is 5.40. The molecule has 0 aliphatic carbocycles. The molecule has 1 heterocycles. The maximum Gasteiger partial charge on any atom is 0.416 e. The van der Waals surface area contributed by atoms with Gasteiger partial charge in [0.05, 0.1) is 10.5 Å². The highest BCUT2D eigenvalue weighted by molar-refractivity contribution is 8.18. The molecule has 7 heteroatoms. The lowest BCUT2D eigenvalue weighted by atomic mass is 10.1. The minimum Gasteiger partial charge on any atom is -0.506 e. The number of halogens is 3. The first-order chi connectivity index (χ1) is 9.70. The van der Waals surface area contributed by atoms with Crippen molar-refractivity contribution >= 4 is 28.7 Å². The first-order valence-corrected chi connectivity index (χ1v) is 6.57. The number of Topliss-reactive ketones (excluding diaryl/α,β-unsaturated/α-hetero) is 1. The third-order valence-electron chi connectivity index (χ3n) is 2.76. The van der Waals surface area contributed by atoms with E-state index in [9.17, 15) is 27.9 Å². The zero-order valence-corrected chi connectivity index (χ0v) is 11.5. The second-order valence-corrected chi connectivity index (χ2v) is 5.31. The Hall–Kier alpha value is -2.02. The van der Waals surface area contributed by atoms with Crippen molar-refractivity contribution in [2.75, 3.05) is 0 Å². The van der Waals surface area contributed by atoms with Gasteiger partial charge in [-0.15, -0.1) is 0 Å². The topological polar surface area (TPSA) is 54.4 Å². The number of thioether (sulfide) groups is 1. The van der Waals surface area contributed by atoms with Gasteiger partial charge in [-0.1, -0.05) is 12.1 Å². The van der Waals surface area contributed by atoms with Gasteiger partial charge in [0.25, 0.3) is 0 Å². The van der Waals surface area contributed by atoms with Gasteiger partial charge in [0.1, 0.15) is 11.3 Å². The minimum absolute atomic E-state index is 0.143. The van der Waals surface area contributed by atoms with Crippen LogP contribution in [0.15, 0.2) is 40.5 Å². The average Bonchev–Trinajstić information content (AvgIpc) is 2.64. The van der Waals surface area contributed by atoms with Crippen LogP contribution in [0.25, 0.3) is 6.08 Å². The van der Waals surface area contributed by atoms with Crippen molar-refractivity contribution in [2.45, 2.75) is 13.1 Å². The standard InChI is InChI=1S/C14H9F3O3S/c1-7(18)11-12(19)10(21-13(11)20)6-8-2-4-9(5-3-8)14(15,16)17/h2-6,19H,1H3. The van der Waals surface area contributed by atoms with E-state index in [0.717, 1.165) is 19.1 Å². The lowest BCUT2D eigenvalue weighted by molar-refractivity contribution is -0.137. The fourth-order valence-electron chi connectivity index (χ4n) is 1.75. The summed E-state index contributed by atoms with van der Waals surface area (Å²) in [6.45, 7) is 1.16. The van der Waals surface area contributed by atoms with Crippen molar-refractivity contribution in [3.8, 4) is 0 Å². The summed E-state index contributed by atoms with van der Waals surface area (Å²) < 4.78 is 37.3. The third kappa shape index (κ3) is 3.18. The largest absolute Gasteiger partial charge is 0.506 e. The van der Waals surface area contributed by atoms with E-state index < -0.39 is 28.4 Å². The van der Waals surface area contributed by atoms with Gasteiger partial charge in [-0.05, 0) is 42.5 Å². The summed E-state index contributed by atoms with van der Waals surface area (Å²) in [6, 6.07) is 4.25. The Kier molecular flexibility index (Phi) is 3.95. The highest BCUT2D eigenvalue weighted by Crippen LogP contribution is 2.38. The normalized spacial score (nSPS) is 17.7. The molecule has 0 fully saturated rings. The summed E-state index contributed by atoms with van der Waals surface area (Å²) in [6.07, 6.45) is -3.07. The van der Waals surface area contributed by atoms with E-state index >= 15 is 0 Å². The van der Waals surface area contributed by atoms with E-state index in [1.165, 1.54) is 18.2 Å². The molecule has 1 aliphatic rings. The molecule has 1 aromatic rings. The zero-order chi connectivity index (χ0) is 15.8. The van der Waals surface area contributed by atoms with Crippen molar-refractivity contribution in [1.29, 1.82) is 0 Å². The Morgan fingerprint density at radius 2 is 1.81 bits per heavy atom. The van der Waals surface area contributed by atoms with Gasteiger partial charge in [-0.3, -0.25) is 9.59 Å². The maximum atomic E-state index is 12.4. The number of aliphatic hydroxyl groups is 1. The van der Waals surface area contributed by atoms with Gasteiger partial charge in [0.2, 0.25) is 5.12 Å². The van der Waals surface area contributed by atoms with Crippen LogP contribution in [-0.2, 0) is 15.8 Å². The molecule has 3 nitrogen and oxygen atoms in total. The number of carbonyl (C=O) groups excluding carboxylic acids is 2. The Labute approximate surface area is 122 Å². The summed E-state index contributed by atoms with van der Waals surface area (Å²) in [5.41, 5.74) is -0.697. The molecule has 21 heavy (non-hydrogen) atoms. The predicted molar refractivity (Wildman–Crippen MR) is 72.4 cm³/mol. The fraction of sp³-hybridized carbons (Fsp3) is 0.143. The summed E-state index contributed by atoms with van der Waals surface area (Å²) in [5, 5.41) is 9.23. The van der Waals surface area contributed by atoms with Gasteiger partial charge in [-0.2, -0.15) is 13.2 Å². The van der Waals surface area contributed by atoms with E-state index in [0.29, 0.717) is 17.3 Å². The third-order valence-corrected chi connectivity index (χ3v) is 3.69. The minimum atomic E-state index is -4.42. The summed E-state index contributed by atoms with van der Waals surface area (Å²) in [4.78, 5) is 22.9. The van der Waals surface area contributed by atoms with E-state index in [-0.39, 0.29) is 10.5 Å². The highest BCUT2D eigenvalue weighted by atomic mass is 32.2. The van der Waals surface area contributed by atoms with Crippen molar-refractivity contribution in [2.24, 2.45) is 0 Å². The molecule has 2 rings (SSSR count). The Morgan fingerprint density at radius 3 is 2.24 bits per heavy atom. The molecule has 1 aliphatic heterocycles. The van der Waals surface area contributed by atoms with Crippen LogP contribution in [0.2, 0.25) is 0 Å². The summed E-state index contributed by atoms with van der Waals surface area (Å²) in [5.74, 6) is -0.988. The number of alkyl halides is 3. The summed E-state index contributed by atoms with van der Waals surface area (Å²) in [7, 11) is 0. The van der Waals surface area contributed by atoms with Crippen molar-refractivity contribution in [3.05, 3.63) is 51.6 Å². The van der Waals surface area contributed by atoms with Crippen LogP contribution in [-0.4, -0.2) is 16.0 Å². The average molecular weight is 314 g/mol. The van der Waals surface area contributed by atoms with Crippen LogP contribution >= 0.6 is 11.8 Å². The molecule has 1 aromatic carbocycles. The second-order valence-electron chi connectivity index (χ2n) is 4.30. The first-order valence-electron chi connectivity index (χ1n) is 5.76. The number of rotatable bonds is 2. The number of carbonyl (C=O) groups is 2.